The quantitative estimate of drug-likeness (QED) is 0.315. The number of fused-ring (bicyclic) bond motifs is 3. The average Bonchev–Trinajstić information content (AvgIpc) is 2.91. The zero-order valence-corrected chi connectivity index (χ0v) is 16.9. The Balaban J connectivity index is 1.87. The van der Waals surface area contributed by atoms with E-state index in [1.165, 1.54) is 44.3 Å². The lowest BCUT2D eigenvalue weighted by atomic mass is 9.83. The molecule has 28 heavy (non-hydrogen) atoms. The summed E-state index contributed by atoms with van der Waals surface area (Å²) >= 11 is 0. The van der Waals surface area contributed by atoms with E-state index < -0.39 is 0 Å². The Kier molecular flexibility index (Phi) is 3.60. The topological polar surface area (TPSA) is 7.12 Å². The summed E-state index contributed by atoms with van der Waals surface area (Å²) in [6.07, 6.45) is 2.41. The van der Waals surface area contributed by atoms with Crippen molar-refractivity contribution < 1.29 is 4.57 Å². The highest BCUT2D eigenvalue weighted by atomic mass is 15.2. The predicted molar refractivity (Wildman–Crippen MR) is 118 cm³/mol. The average molecular weight is 366 g/mol. The van der Waals surface area contributed by atoms with Gasteiger partial charge in [0.1, 0.15) is 7.05 Å². The Morgan fingerprint density at radius 2 is 1.32 bits per heavy atom. The van der Waals surface area contributed by atoms with Crippen molar-refractivity contribution in [2.24, 2.45) is 7.05 Å². The predicted octanol–water partition coefficient (Wildman–Crippen LogP) is 5.59. The van der Waals surface area contributed by atoms with Crippen molar-refractivity contribution in [2.45, 2.75) is 19.3 Å². The molecule has 0 bridgehead atoms. The molecule has 0 saturated carbocycles. The summed E-state index contributed by atoms with van der Waals surface area (Å²) in [4.78, 5) is 2.35. The zero-order valence-electron chi connectivity index (χ0n) is 16.9. The van der Waals surface area contributed by atoms with Crippen molar-refractivity contribution in [3.8, 4) is 0 Å². The third-order valence-electron chi connectivity index (χ3n) is 6.33. The van der Waals surface area contributed by atoms with E-state index in [4.69, 9.17) is 0 Å². The van der Waals surface area contributed by atoms with Crippen LogP contribution in [0.1, 0.15) is 25.0 Å². The summed E-state index contributed by atoms with van der Waals surface area (Å²) in [5.74, 6) is 0. The van der Waals surface area contributed by atoms with Gasteiger partial charge in [-0.3, -0.25) is 0 Å². The van der Waals surface area contributed by atoms with Crippen molar-refractivity contribution in [3.05, 3.63) is 89.6 Å². The maximum Gasteiger partial charge on any atom is 0.213 e. The number of hydrogen-bond acceptors (Lipinski definition) is 1. The first kappa shape index (κ1) is 17.0. The normalized spacial score (nSPS) is 16.9. The molecule has 1 aromatic heterocycles. The first-order valence-corrected chi connectivity index (χ1v) is 9.85. The van der Waals surface area contributed by atoms with Crippen LogP contribution in [0.5, 0.6) is 0 Å². The molecule has 1 aliphatic heterocycles. The van der Waals surface area contributed by atoms with Gasteiger partial charge in [-0.25, -0.2) is 0 Å². The minimum atomic E-state index is -0.0361. The minimum Gasteiger partial charge on any atom is -0.347 e. The molecule has 0 unspecified atom stereocenters. The Labute approximate surface area is 166 Å². The van der Waals surface area contributed by atoms with Crippen LogP contribution in [0, 0.1) is 0 Å². The molecule has 0 aliphatic carbocycles. The maximum absolute atomic E-state index is 2.41. The lowest BCUT2D eigenvalue weighted by Crippen LogP contribution is -2.30. The number of benzene rings is 3. The van der Waals surface area contributed by atoms with Gasteiger partial charge in [0.25, 0.3) is 0 Å². The fraction of sp³-hybridized carbons (Fsp3) is 0.192. The van der Waals surface area contributed by atoms with E-state index in [1.54, 1.807) is 0 Å². The van der Waals surface area contributed by atoms with E-state index in [1.807, 2.05) is 0 Å². The lowest BCUT2D eigenvalue weighted by molar-refractivity contribution is -0.617. The molecule has 2 heterocycles. The highest BCUT2D eigenvalue weighted by Gasteiger charge is 2.38. The molecule has 0 atom stereocenters. The van der Waals surface area contributed by atoms with Crippen molar-refractivity contribution in [1.29, 1.82) is 0 Å². The van der Waals surface area contributed by atoms with Crippen molar-refractivity contribution in [2.75, 3.05) is 11.9 Å². The molecular weight excluding hydrogens is 340 g/mol. The number of nitrogens with zero attached hydrogens (tertiary/aromatic N) is 2. The van der Waals surface area contributed by atoms with E-state index in [9.17, 15) is 0 Å². The molecule has 138 valence electrons. The van der Waals surface area contributed by atoms with E-state index >= 15 is 0 Å². The van der Waals surface area contributed by atoms with Crippen LogP contribution in [-0.2, 0) is 12.5 Å². The molecule has 0 N–H and O–H groups in total. The minimum absolute atomic E-state index is 0.0361. The molecular formula is C26H25N2+. The summed E-state index contributed by atoms with van der Waals surface area (Å²) in [6.45, 7) is 4.66. The van der Waals surface area contributed by atoms with Crippen LogP contribution in [-0.4, -0.2) is 7.05 Å². The number of rotatable bonds is 1. The van der Waals surface area contributed by atoms with Crippen LogP contribution in [0.3, 0.4) is 0 Å². The number of para-hydroxylation sites is 3. The standard InChI is InChI=1S/C26H25N2/c1-26(2)21-13-7-10-16-24(21)28(4)25(26)17-20-18-11-5-8-14-22(18)27(3)23-15-9-6-12-19(20)23/h5-17H,1-4H3/q+1. The van der Waals surface area contributed by atoms with Gasteiger partial charge in [0, 0.05) is 41.5 Å². The fourth-order valence-corrected chi connectivity index (χ4v) is 4.81. The highest BCUT2D eigenvalue weighted by Crippen LogP contribution is 2.47. The smallest absolute Gasteiger partial charge is 0.213 e. The third-order valence-corrected chi connectivity index (χ3v) is 6.33. The number of likely N-dealkylation sites (N-methyl/N-ethyl adjacent to an activating group) is 1. The molecule has 3 aromatic carbocycles. The molecule has 1 aliphatic rings. The highest BCUT2D eigenvalue weighted by molar-refractivity contribution is 6.01. The van der Waals surface area contributed by atoms with E-state index in [0.717, 1.165) is 0 Å². The van der Waals surface area contributed by atoms with Crippen LogP contribution in [0.25, 0.3) is 27.9 Å². The molecule has 2 nitrogen and oxygen atoms in total. The number of pyridine rings is 1. The second-order valence-electron chi connectivity index (χ2n) is 8.24. The monoisotopic (exact) mass is 365 g/mol. The SMILES string of the molecule is CN1/C(=C\c2c3ccccc3[n+](C)c3ccccc23)C(C)(C)c2ccccc21. The lowest BCUT2D eigenvalue weighted by Gasteiger charge is -2.24. The van der Waals surface area contributed by atoms with Gasteiger partial charge in [0.05, 0.1) is 10.8 Å². The second-order valence-corrected chi connectivity index (χ2v) is 8.24. The van der Waals surface area contributed by atoms with Crippen LogP contribution < -0.4 is 9.47 Å². The van der Waals surface area contributed by atoms with Crippen molar-refractivity contribution in [3.63, 3.8) is 0 Å². The number of aromatic nitrogens is 1. The van der Waals surface area contributed by atoms with Gasteiger partial charge < -0.3 is 4.90 Å². The van der Waals surface area contributed by atoms with E-state index in [2.05, 4.69) is 116 Å². The molecule has 0 spiro atoms. The second kappa shape index (κ2) is 5.93. The number of hydrogen-bond donors (Lipinski definition) is 0. The summed E-state index contributed by atoms with van der Waals surface area (Å²) < 4.78 is 2.30. The summed E-state index contributed by atoms with van der Waals surface area (Å²) in [5, 5.41) is 2.58. The van der Waals surface area contributed by atoms with Gasteiger partial charge in [-0.1, -0.05) is 56.3 Å². The maximum atomic E-state index is 2.41. The summed E-state index contributed by atoms with van der Waals surface area (Å²) in [7, 11) is 4.34. The number of allylic oxidation sites excluding steroid dienone is 1. The molecule has 2 heteroatoms. The molecule has 0 radical (unpaired) electrons. The molecule has 4 aromatic rings. The Hall–Kier alpha value is -3.13. The van der Waals surface area contributed by atoms with Crippen LogP contribution in [0.4, 0.5) is 5.69 Å². The molecule has 0 amide bonds. The van der Waals surface area contributed by atoms with E-state index in [0.29, 0.717) is 0 Å². The van der Waals surface area contributed by atoms with Crippen LogP contribution in [0.15, 0.2) is 78.5 Å². The van der Waals surface area contributed by atoms with E-state index in [-0.39, 0.29) is 5.41 Å². The first-order chi connectivity index (χ1) is 13.5. The third kappa shape index (κ3) is 2.24. The number of aryl methyl sites for hydroxylation is 1. The van der Waals surface area contributed by atoms with Crippen molar-refractivity contribution in [1.82, 2.24) is 0 Å². The Morgan fingerprint density at radius 3 is 1.93 bits per heavy atom. The zero-order chi connectivity index (χ0) is 19.5. The molecule has 0 saturated heterocycles. The largest absolute Gasteiger partial charge is 0.347 e. The van der Waals surface area contributed by atoms with Gasteiger partial charge in [0.15, 0.2) is 0 Å². The van der Waals surface area contributed by atoms with Gasteiger partial charge in [-0.2, -0.15) is 4.57 Å². The fourth-order valence-electron chi connectivity index (χ4n) is 4.81. The van der Waals surface area contributed by atoms with Gasteiger partial charge in [-0.15, -0.1) is 0 Å². The molecule has 0 fully saturated rings. The number of anilines is 1. The molecule has 5 rings (SSSR count). The van der Waals surface area contributed by atoms with Gasteiger partial charge >= 0.3 is 0 Å². The van der Waals surface area contributed by atoms with Gasteiger partial charge in [-0.05, 0) is 29.8 Å². The summed E-state index contributed by atoms with van der Waals surface area (Å²) in [6, 6.07) is 26.2. The first-order valence-electron chi connectivity index (χ1n) is 9.85. The Morgan fingerprint density at radius 1 is 0.786 bits per heavy atom. The van der Waals surface area contributed by atoms with Crippen LogP contribution in [0.2, 0.25) is 0 Å². The van der Waals surface area contributed by atoms with Gasteiger partial charge in [0.2, 0.25) is 11.0 Å². The van der Waals surface area contributed by atoms with Crippen molar-refractivity contribution >= 4 is 33.6 Å². The Bertz CT molecular complexity index is 1210. The van der Waals surface area contributed by atoms with Crippen LogP contribution >= 0.6 is 0 Å². The summed E-state index contributed by atoms with van der Waals surface area (Å²) in [5.41, 5.74) is 7.79.